The third kappa shape index (κ3) is 6.35. The van der Waals surface area contributed by atoms with Crippen LogP contribution >= 0.6 is 0 Å². The van der Waals surface area contributed by atoms with Gasteiger partial charge in [0.05, 0.1) is 12.5 Å². The summed E-state index contributed by atoms with van der Waals surface area (Å²) in [5, 5.41) is 0. The number of hydrogen-bond donors (Lipinski definition) is 0. The van der Waals surface area contributed by atoms with Crippen LogP contribution in [0.2, 0.25) is 0 Å². The number of carbonyl (C=O) groups excluding carboxylic acids is 1. The van der Waals surface area contributed by atoms with Gasteiger partial charge in [-0.3, -0.25) is 4.79 Å². The lowest BCUT2D eigenvalue weighted by Gasteiger charge is -2.23. The van der Waals surface area contributed by atoms with Crippen molar-refractivity contribution >= 4 is 5.97 Å². The van der Waals surface area contributed by atoms with E-state index in [2.05, 4.69) is 27.7 Å². The smallest absolute Gasteiger partial charge is 0.309 e. The van der Waals surface area contributed by atoms with Crippen LogP contribution in [-0.2, 0) is 19.0 Å². The van der Waals surface area contributed by atoms with Gasteiger partial charge >= 0.3 is 5.97 Å². The van der Waals surface area contributed by atoms with Crippen LogP contribution in [0.15, 0.2) is 0 Å². The maximum absolute atomic E-state index is 11.9. The van der Waals surface area contributed by atoms with Crippen molar-refractivity contribution in [3.8, 4) is 0 Å². The molecule has 1 saturated heterocycles. The summed E-state index contributed by atoms with van der Waals surface area (Å²) < 4.78 is 17.2. The van der Waals surface area contributed by atoms with E-state index in [-0.39, 0.29) is 24.1 Å². The summed E-state index contributed by atoms with van der Waals surface area (Å²) in [5.41, 5.74) is 0. The molecule has 1 fully saturated rings. The van der Waals surface area contributed by atoms with Crippen molar-refractivity contribution in [1.82, 2.24) is 0 Å². The van der Waals surface area contributed by atoms with Gasteiger partial charge in [0.1, 0.15) is 12.2 Å². The molecule has 0 unspecified atom stereocenters. The number of carbonyl (C=O) groups is 1. The zero-order chi connectivity index (χ0) is 15.7. The molecule has 1 aliphatic heterocycles. The normalized spacial score (nSPS) is 23.6. The van der Waals surface area contributed by atoms with Crippen molar-refractivity contribution in [2.24, 2.45) is 11.8 Å². The Hall–Kier alpha value is -0.610. The van der Waals surface area contributed by atoms with Gasteiger partial charge in [-0.1, -0.05) is 40.5 Å². The Bertz CT molecular complexity index is 291. The first kappa shape index (κ1) is 18.4. The Labute approximate surface area is 129 Å². The molecule has 0 bridgehead atoms. The molecule has 0 N–H and O–H groups in total. The quantitative estimate of drug-likeness (QED) is 0.432. The summed E-state index contributed by atoms with van der Waals surface area (Å²) in [4.78, 5) is 11.9. The Morgan fingerprint density at radius 1 is 1.19 bits per heavy atom. The van der Waals surface area contributed by atoms with Crippen molar-refractivity contribution in [3.63, 3.8) is 0 Å². The van der Waals surface area contributed by atoms with Crippen LogP contribution in [0, 0.1) is 11.8 Å². The van der Waals surface area contributed by atoms with Crippen LogP contribution < -0.4 is 0 Å². The molecule has 0 amide bonds. The predicted molar refractivity (Wildman–Crippen MR) is 83.2 cm³/mol. The Morgan fingerprint density at radius 2 is 1.86 bits per heavy atom. The van der Waals surface area contributed by atoms with E-state index in [1.807, 2.05) is 0 Å². The molecule has 3 atom stereocenters. The zero-order valence-electron chi connectivity index (χ0n) is 14.1. The fourth-order valence-electron chi connectivity index (χ4n) is 2.49. The highest BCUT2D eigenvalue weighted by Gasteiger charge is 2.40. The van der Waals surface area contributed by atoms with Crippen LogP contribution in [0.1, 0.15) is 59.8 Å². The number of hydrogen-bond acceptors (Lipinski definition) is 4. The van der Waals surface area contributed by atoms with Crippen molar-refractivity contribution < 1.29 is 19.0 Å². The van der Waals surface area contributed by atoms with Crippen molar-refractivity contribution in [1.29, 1.82) is 0 Å². The number of unbranched alkanes of at least 4 members (excludes halogenated alkanes) is 2. The first-order valence-electron chi connectivity index (χ1n) is 8.49. The lowest BCUT2D eigenvalue weighted by Crippen LogP contribution is -2.34. The van der Waals surface area contributed by atoms with Crippen molar-refractivity contribution in [2.45, 2.75) is 72.0 Å². The SMILES string of the molecule is CCCCOC[C@@H](OCCCC)[C@@H]1C[C@@H](C(C)C)C(=O)O1. The fraction of sp³-hybridized carbons (Fsp3) is 0.941. The van der Waals surface area contributed by atoms with Crippen LogP contribution in [0.3, 0.4) is 0 Å². The van der Waals surface area contributed by atoms with Crippen LogP contribution in [0.5, 0.6) is 0 Å². The molecule has 0 aromatic carbocycles. The van der Waals surface area contributed by atoms with Gasteiger partial charge < -0.3 is 14.2 Å². The summed E-state index contributed by atoms with van der Waals surface area (Å²) >= 11 is 0. The Kier molecular flexibility index (Phi) is 8.93. The summed E-state index contributed by atoms with van der Waals surface area (Å²) in [6.45, 7) is 10.4. The molecule has 0 aliphatic carbocycles. The Morgan fingerprint density at radius 3 is 2.43 bits per heavy atom. The Balaban J connectivity index is 2.48. The second-order valence-electron chi connectivity index (χ2n) is 6.25. The molecule has 0 radical (unpaired) electrons. The van der Waals surface area contributed by atoms with Crippen LogP contribution in [0.4, 0.5) is 0 Å². The molecule has 4 nitrogen and oxygen atoms in total. The zero-order valence-corrected chi connectivity index (χ0v) is 14.1. The highest BCUT2D eigenvalue weighted by atomic mass is 16.6. The lowest BCUT2D eigenvalue weighted by atomic mass is 9.91. The molecular formula is C17H32O4. The van der Waals surface area contributed by atoms with Gasteiger partial charge in [0, 0.05) is 19.6 Å². The van der Waals surface area contributed by atoms with E-state index in [1.54, 1.807) is 0 Å². The van der Waals surface area contributed by atoms with Gasteiger partial charge in [-0.2, -0.15) is 0 Å². The predicted octanol–water partition coefficient (Wildman–Crippen LogP) is 3.58. The van der Waals surface area contributed by atoms with Crippen molar-refractivity contribution in [2.75, 3.05) is 19.8 Å². The number of esters is 1. The standard InChI is InChI=1S/C17H32O4/c1-5-7-9-19-12-16(20-10-8-6-2)15-11-14(13(3)4)17(18)21-15/h13-16H,5-12H2,1-4H3/t14-,15-,16+/m0/s1. The number of ether oxygens (including phenoxy) is 3. The first-order chi connectivity index (χ1) is 10.1. The fourth-order valence-corrected chi connectivity index (χ4v) is 2.49. The molecule has 0 aromatic rings. The second-order valence-corrected chi connectivity index (χ2v) is 6.25. The van der Waals surface area contributed by atoms with Gasteiger partial charge in [-0.15, -0.1) is 0 Å². The monoisotopic (exact) mass is 300 g/mol. The van der Waals surface area contributed by atoms with Crippen LogP contribution in [0.25, 0.3) is 0 Å². The lowest BCUT2D eigenvalue weighted by molar-refractivity contribution is -0.152. The van der Waals surface area contributed by atoms with Gasteiger partial charge in [-0.05, 0) is 18.8 Å². The van der Waals surface area contributed by atoms with Gasteiger partial charge in [0.2, 0.25) is 0 Å². The molecule has 21 heavy (non-hydrogen) atoms. The minimum atomic E-state index is -0.150. The minimum Gasteiger partial charge on any atom is -0.459 e. The summed E-state index contributed by atoms with van der Waals surface area (Å²) in [7, 11) is 0. The van der Waals surface area contributed by atoms with Crippen LogP contribution in [-0.4, -0.2) is 38.0 Å². The topological polar surface area (TPSA) is 44.8 Å². The van der Waals surface area contributed by atoms with Gasteiger partial charge in [-0.25, -0.2) is 0 Å². The largest absolute Gasteiger partial charge is 0.459 e. The summed E-state index contributed by atoms with van der Waals surface area (Å²) in [6.07, 6.45) is 4.78. The van der Waals surface area contributed by atoms with Gasteiger partial charge in [0.25, 0.3) is 0 Å². The van der Waals surface area contributed by atoms with Gasteiger partial charge in [0.15, 0.2) is 0 Å². The van der Waals surface area contributed by atoms with E-state index in [0.717, 1.165) is 38.7 Å². The van der Waals surface area contributed by atoms with E-state index >= 15 is 0 Å². The maximum atomic E-state index is 11.9. The van der Waals surface area contributed by atoms with E-state index in [1.165, 1.54) is 0 Å². The summed E-state index contributed by atoms with van der Waals surface area (Å²) in [6, 6.07) is 0. The molecule has 0 saturated carbocycles. The minimum absolute atomic E-state index is 0.00270. The van der Waals surface area contributed by atoms with E-state index < -0.39 is 0 Å². The number of rotatable bonds is 11. The summed E-state index contributed by atoms with van der Waals surface area (Å²) in [5.74, 6) is 0.246. The maximum Gasteiger partial charge on any atom is 0.309 e. The third-order valence-corrected chi connectivity index (χ3v) is 4.03. The molecular weight excluding hydrogens is 268 g/mol. The number of cyclic esters (lactones) is 1. The van der Waals surface area contributed by atoms with E-state index in [0.29, 0.717) is 19.1 Å². The molecule has 4 heteroatoms. The highest BCUT2D eigenvalue weighted by Crippen LogP contribution is 2.30. The molecule has 1 aliphatic rings. The average molecular weight is 300 g/mol. The van der Waals surface area contributed by atoms with E-state index in [9.17, 15) is 4.79 Å². The highest BCUT2D eigenvalue weighted by molar-refractivity contribution is 5.75. The molecule has 0 spiro atoms. The molecule has 1 rings (SSSR count). The average Bonchev–Trinajstić information content (AvgIpc) is 2.83. The molecule has 1 heterocycles. The molecule has 124 valence electrons. The third-order valence-electron chi connectivity index (χ3n) is 4.03. The first-order valence-corrected chi connectivity index (χ1v) is 8.49. The molecule has 0 aromatic heterocycles. The van der Waals surface area contributed by atoms with Crippen molar-refractivity contribution in [3.05, 3.63) is 0 Å². The second kappa shape index (κ2) is 10.2. The van der Waals surface area contributed by atoms with E-state index in [4.69, 9.17) is 14.2 Å².